The molecule has 0 radical (unpaired) electrons. The van der Waals surface area contributed by atoms with Crippen LogP contribution >= 0.6 is 0 Å². The second kappa shape index (κ2) is 7.84. The molecule has 2 aromatic rings. The van der Waals surface area contributed by atoms with Gasteiger partial charge in [-0.2, -0.15) is 5.10 Å². The van der Waals surface area contributed by atoms with E-state index in [2.05, 4.69) is 17.5 Å². The number of hydrazone groups is 1. The zero-order valence-electron chi connectivity index (χ0n) is 12.7. The molecule has 23 heavy (non-hydrogen) atoms. The van der Waals surface area contributed by atoms with Crippen molar-refractivity contribution in [1.82, 2.24) is 5.43 Å². The molecule has 118 valence electrons. The highest BCUT2D eigenvalue weighted by Crippen LogP contribution is 2.11. The predicted octanol–water partition coefficient (Wildman–Crippen LogP) is 2.85. The van der Waals surface area contributed by atoms with Crippen LogP contribution in [0.25, 0.3) is 0 Å². The van der Waals surface area contributed by atoms with Crippen LogP contribution in [-0.2, 0) is 17.6 Å². The number of hydrogen-bond donors (Lipinski definition) is 1. The molecular formula is C17H17N3O3. The van der Waals surface area contributed by atoms with Gasteiger partial charge in [0, 0.05) is 17.7 Å². The summed E-state index contributed by atoms with van der Waals surface area (Å²) in [6.07, 6.45) is 2.57. The normalized spacial score (nSPS) is 10.7. The van der Waals surface area contributed by atoms with E-state index in [1.807, 2.05) is 24.3 Å². The molecule has 1 N–H and O–H groups in total. The van der Waals surface area contributed by atoms with E-state index < -0.39 is 4.92 Å². The first-order chi connectivity index (χ1) is 11.1. The van der Waals surface area contributed by atoms with Crippen LogP contribution in [-0.4, -0.2) is 17.0 Å². The van der Waals surface area contributed by atoms with Crippen molar-refractivity contribution < 1.29 is 9.72 Å². The summed E-state index contributed by atoms with van der Waals surface area (Å²) in [6, 6.07) is 13.9. The number of rotatable bonds is 6. The molecule has 0 aliphatic heterocycles. The topological polar surface area (TPSA) is 84.6 Å². The van der Waals surface area contributed by atoms with Crippen LogP contribution in [0.15, 0.2) is 53.6 Å². The maximum Gasteiger partial charge on any atom is 0.270 e. The van der Waals surface area contributed by atoms with Crippen molar-refractivity contribution in [3.63, 3.8) is 0 Å². The van der Waals surface area contributed by atoms with Crippen LogP contribution in [0.4, 0.5) is 5.69 Å². The molecular weight excluding hydrogens is 294 g/mol. The molecule has 0 saturated carbocycles. The summed E-state index contributed by atoms with van der Waals surface area (Å²) in [5.41, 5.74) is 5.08. The van der Waals surface area contributed by atoms with Crippen LogP contribution in [0.3, 0.4) is 0 Å². The van der Waals surface area contributed by atoms with Crippen LogP contribution in [0.5, 0.6) is 0 Å². The van der Waals surface area contributed by atoms with Gasteiger partial charge in [-0.1, -0.05) is 43.3 Å². The molecule has 6 heteroatoms. The van der Waals surface area contributed by atoms with Gasteiger partial charge in [0.15, 0.2) is 0 Å². The van der Waals surface area contributed by atoms with Gasteiger partial charge in [0.2, 0.25) is 5.91 Å². The smallest absolute Gasteiger partial charge is 0.270 e. The van der Waals surface area contributed by atoms with E-state index in [0.29, 0.717) is 5.56 Å². The van der Waals surface area contributed by atoms with Gasteiger partial charge in [-0.25, -0.2) is 5.43 Å². The lowest BCUT2D eigenvalue weighted by Gasteiger charge is -2.02. The predicted molar refractivity (Wildman–Crippen MR) is 88.4 cm³/mol. The van der Waals surface area contributed by atoms with E-state index in [1.54, 1.807) is 12.1 Å². The van der Waals surface area contributed by atoms with Gasteiger partial charge < -0.3 is 0 Å². The summed E-state index contributed by atoms with van der Waals surface area (Å²) < 4.78 is 0. The Hall–Kier alpha value is -3.02. The van der Waals surface area contributed by atoms with E-state index in [1.165, 1.54) is 23.9 Å². The molecule has 0 aliphatic carbocycles. The van der Waals surface area contributed by atoms with Gasteiger partial charge in [0.05, 0.1) is 17.6 Å². The lowest BCUT2D eigenvalue weighted by molar-refractivity contribution is -0.384. The Morgan fingerprint density at radius 1 is 1.22 bits per heavy atom. The quantitative estimate of drug-likeness (QED) is 0.506. The summed E-state index contributed by atoms with van der Waals surface area (Å²) in [5.74, 6) is -0.240. The fourth-order valence-corrected chi connectivity index (χ4v) is 2.02. The Labute approximate surface area is 134 Å². The van der Waals surface area contributed by atoms with E-state index in [4.69, 9.17) is 0 Å². The third-order valence-corrected chi connectivity index (χ3v) is 3.28. The first-order valence-electron chi connectivity index (χ1n) is 7.22. The Bertz CT molecular complexity index is 724. The highest BCUT2D eigenvalue weighted by molar-refractivity contribution is 5.83. The fraction of sp³-hybridized carbons (Fsp3) is 0.176. The molecule has 0 bridgehead atoms. The van der Waals surface area contributed by atoms with E-state index in [0.717, 1.165) is 12.0 Å². The fourth-order valence-electron chi connectivity index (χ4n) is 2.02. The molecule has 1 amide bonds. The molecule has 0 unspecified atom stereocenters. The number of amides is 1. The van der Waals surface area contributed by atoms with Gasteiger partial charge in [0.25, 0.3) is 5.69 Å². The summed E-state index contributed by atoms with van der Waals surface area (Å²) in [5, 5.41) is 14.5. The van der Waals surface area contributed by atoms with Crippen molar-refractivity contribution in [1.29, 1.82) is 0 Å². The molecule has 0 fully saturated rings. The highest BCUT2D eigenvalue weighted by atomic mass is 16.6. The van der Waals surface area contributed by atoms with Crippen LogP contribution in [0, 0.1) is 10.1 Å². The number of aryl methyl sites for hydroxylation is 1. The first-order valence-corrected chi connectivity index (χ1v) is 7.22. The minimum absolute atomic E-state index is 0.0173. The van der Waals surface area contributed by atoms with E-state index >= 15 is 0 Å². The Morgan fingerprint density at radius 3 is 2.57 bits per heavy atom. The molecule has 0 aliphatic rings. The maximum atomic E-state index is 11.8. The van der Waals surface area contributed by atoms with Gasteiger partial charge in [-0.05, 0) is 17.5 Å². The highest BCUT2D eigenvalue weighted by Gasteiger charge is 2.05. The average Bonchev–Trinajstić information content (AvgIpc) is 2.56. The summed E-state index contributed by atoms with van der Waals surface area (Å²) in [7, 11) is 0. The molecule has 0 atom stereocenters. The lowest BCUT2D eigenvalue weighted by Crippen LogP contribution is -2.19. The molecule has 0 spiro atoms. The standard InChI is InChI=1S/C17H17N3O3/c1-2-13-6-8-14(9-7-13)11-17(21)19-18-12-15-4-3-5-16(10-15)20(22)23/h3-10,12H,2,11H2,1H3,(H,19,21)/b18-12+. The number of carbonyl (C=O) groups is 1. The zero-order chi connectivity index (χ0) is 16.7. The van der Waals surface area contributed by atoms with E-state index in [9.17, 15) is 14.9 Å². The summed E-state index contributed by atoms with van der Waals surface area (Å²) in [6.45, 7) is 2.07. The Kier molecular flexibility index (Phi) is 5.57. The van der Waals surface area contributed by atoms with Crippen LogP contribution < -0.4 is 5.43 Å². The maximum absolute atomic E-state index is 11.8. The third-order valence-electron chi connectivity index (χ3n) is 3.28. The number of nitrogens with zero attached hydrogens (tertiary/aromatic N) is 2. The number of non-ortho nitro benzene ring substituents is 1. The van der Waals surface area contributed by atoms with E-state index in [-0.39, 0.29) is 18.0 Å². The van der Waals surface area contributed by atoms with Crippen molar-refractivity contribution in [3.05, 3.63) is 75.3 Å². The van der Waals surface area contributed by atoms with Gasteiger partial charge in [0.1, 0.15) is 0 Å². The van der Waals surface area contributed by atoms with Crippen molar-refractivity contribution in [2.75, 3.05) is 0 Å². The number of nitro groups is 1. The minimum atomic E-state index is -0.476. The number of nitro benzene ring substituents is 1. The van der Waals surface area contributed by atoms with Crippen molar-refractivity contribution in [2.24, 2.45) is 5.10 Å². The summed E-state index contributed by atoms with van der Waals surface area (Å²) >= 11 is 0. The Morgan fingerprint density at radius 2 is 1.91 bits per heavy atom. The van der Waals surface area contributed by atoms with Crippen molar-refractivity contribution >= 4 is 17.8 Å². The van der Waals surface area contributed by atoms with Crippen LogP contribution in [0.2, 0.25) is 0 Å². The molecule has 2 aromatic carbocycles. The number of nitrogens with one attached hydrogen (secondary N) is 1. The molecule has 0 saturated heterocycles. The second-order valence-corrected chi connectivity index (χ2v) is 4.99. The van der Waals surface area contributed by atoms with Gasteiger partial charge >= 0.3 is 0 Å². The molecule has 2 rings (SSSR count). The molecule has 6 nitrogen and oxygen atoms in total. The SMILES string of the molecule is CCc1ccc(CC(=O)N/N=C/c2cccc([N+](=O)[O-])c2)cc1. The zero-order valence-corrected chi connectivity index (χ0v) is 12.7. The molecule has 0 heterocycles. The minimum Gasteiger partial charge on any atom is -0.273 e. The number of hydrogen-bond acceptors (Lipinski definition) is 4. The second-order valence-electron chi connectivity index (χ2n) is 4.99. The Balaban J connectivity index is 1.90. The van der Waals surface area contributed by atoms with Crippen molar-refractivity contribution in [3.8, 4) is 0 Å². The van der Waals surface area contributed by atoms with Gasteiger partial charge in [-0.15, -0.1) is 0 Å². The monoisotopic (exact) mass is 311 g/mol. The summed E-state index contributed by atoms with van der Waals surface area (Å²) in [4.78, 5) is 22.0. The number of benzene rings is 2. The van der Waals surface area contributed by atoms with Crippen molar-refractivity contribution in [2.45, 2.75) is 19.8 Å². The lowest BCUT2D eigenvalue weighted by atomic mass is 10.1. The first kappa shape index (κ1) is 16.4. The van der Waals surface area contributed by atoms with Crippen LogP contribution in [0.1, 0.15) is 23.6 Å². The van der Waals surface area contributed by atoms with Gasteiger partial charge in [-0.3, -0.25) is 14.9 Å². The molecule has 0 aromatic heterocycles. The largest absolute Gasteiger partial charge is 0.273 e. The number of carbonyl (C=O) groups excluding carboxylic acids is 1. The third kappa shape index (κ3) is 5.03. The average molecular weight is 311 g/mol.